The molecule has 4 aliphatic carbocycles. The van der Waals surface area contributed by atoms with Gasteiger partial charge in [0.05, 0.1) is 5.54 Å². The average Bonchev–Trinajstić information content (AvgIpc) is 3.39. The van der Waals surface area contributed by atoms with E-state index in [1.54, 1.807) is 0 Å². The van der Waals surface area contributed by atoms with Crippen LogP contribution < -0.4 is 10.6 Å². The van der Waals surface area contributed by atoms with E-state index in [2.05, 4.69) is 38.3 Å². The van der Waals surface area contributed by atoms with E-state index in [9.17, 15) is 9.59 Å². The van der Waals surface area contributed by atoms with Crippen molar-refractivity contribution in [3.8, 4) is 0 Å². The van der Waals surface area contributed by atoms with Crippen LogP contribution in [0.1, 0.15) is 59.8 Å². The molecular formula is C21H34N2O2. The molecule has 0 spiro atoms. The molecule has 4 aliphatic rings. The third-order valence-electron chi connectivity index (χ3n) is 7.69. The van der Waals surface area contributed by atoms with Crippen molar-refractivity contribution in [2.24, 2.45) is 47.3 Å². The topological polar surface area (TPSA) is 58.2 Å². The molecule has 7 unspecified atom stereocenters. The maximum absolute atomic E-state index is 12.7. The lowest BCUT2D eigenvalue weighted by atomic mass is 9.97. The lowest BCUT2D eigenvalue weighted by Crippen LogP contribution is -2.54. The summed E-state index contributed by atoms with van der Waals surface area (Å²) >= 11 is 0. The molecule has 4 rings (SSSR count). The molecule has 4 fully saturated rings. The van der Waals surface area contributed by atoms with Gasteiger partial charge >= 0.3 is 0 Å². The van der Waals surface area contributed by atoms with E-state index in [0.717, 1.165) is 18.3 Å². The fourth-order valence-corrected chi connectivity index (χ4v) is 5.26. The van der Waals surface area contributed by atoms with Crippen molar-refractivity contribution in [2.75, 3.05) is 6.54 Å². The molecule has 4 heteroatoms. The first-order chi connectivity index (χ1) is 11.9. The van der Waals surface area contributed by atoms with E-state index in [1.165, 1.54) is 25.7 Å². The standard InChI is InChI=1S/C21H34N2O2/c1-5-21(4,23-20(25)18-12(3)16(18)14-8-9-14)10-22-19(24)17-11(2)15(17)13-6-7-13/h11-18H,5-10H2,1-4H3,(H,22,24)(H,23,25). The number of hydrogen-bond donors (Lipinski definition) is 2. The van der Waals surface area contributed by atoms with Crippen molar-refractivity contribution in [1.29, 1.82) is 0 Å². The van der Waals surface area contributed by atoms with Gasteiger partial charge in [-0.15, -0.1) is 0 Å². The summed E-state index contributed by atoms with van der Waals surface area (Å²) in [6.45, 7) is 9.13. The Morgan fingerprint density at radius 1 is 0.920 bits per heavy atom. The van der Waals surface area contributed by atoms with Gasteiger partial charge in [-0.05, 0) is 74.5 Å². The van der Waals surface area contributed by atoms with E-state index in [0.29, 0.717) is 30.2 Å². The van der Waals surface area contributed by atoms with Gasteiger partial charge in [0.2, 0.25) is 11.8 Å². The van der Waals surface area contributed by atoms with Crippen LogP contribution in [0.4, 0.5) is 0 Å². The molecule has 0 aromatic rings. The summed E-state index contributed by atoms with van der Waals surface area (Å²) in [6, 6.07) is 0. The summed E-state index contributed by atoms with van der Waals surface area (Å²) in [6.07, 6.45) is 6.07. The number of nitrogens with one attached hydrogen (secondary N) is 2. The van der Waals surface area contributed by atoms with Crippen molar-refractivity contribution in [1.82, 2.24) is 10.6 Å². The Labute approximate surface area is 151 Å². The first-order valence-corrected chi connectivity index (χ1v) is 10.5. The second-order valence-corrected chi connectivity index (χ2v) is 9.72. The Bertz CT molecular complexity index is 568. The van der Waals surface area contributed by atoms with Gasteiger partial charge in [-0.25, -0.2) is 0 Å². The van der Waals surface area contributed by atoms with Gasteiger partial charge in [0.25, 0.3) is 0 Å². The van der Waals surface area contributed by atoms with E-state index >= 15 is 0 Å². The van der Waals surface area contributed by atoms with Gasteiger partial charge in [0, 0.05) is 18.4 Å². The minimum Gasteiger partial charge on any atom is -0.354 e. The van der Waals surface area contributed by atoms with Gasteiger partial charge in [-0.1, -0.05) is 20.8 Å². The lowest BCUT2D eigenvalue weighted by molar-refractivity contribution is -0.126. The molecule has 2 N–H and O–H groups in total. The zero-order valence-electron chi connectivity index (χ0n) is 16.2. The number of carbonyl (C=O) groups excluding carboxylic acids is 2. The number of hydrogen-bond acceptors (Lipinski definition) is 2. The maximum Gasteiger partial charge on any atom is 0.224 e. The Balaban J connectivity index is 1.27. The molecule has 0 aliphatic heterocycles. The van der Waals surface area contributed by atoms with Crippen LogP contribution in [0.5, 0.6) is 0 Å². The molecule has 0 radical (unpaired) electrons. The van der Waals surface area contributed by atoms with Crippen LogP contribution in [0.3, 0.4) is 0 Å². The molecule has 0 aromatic heterocycles. The fourth-order valence-electron chi connectivity index (χ4n) is 5.26. The molecule has 0 saturated heterocycles. The first kappa shape index (κ1) is 17.4. The summed E-state index contributed by atoms with van der Waals surface area (Å²) in [5, 5.41) is 6.41. The first-order valence-electron chi connectivity index (χ1n) is 10.5. The molecular weight excluding hydrogens is 312 g/mol. The molecule has 0 heterocycles. The molecule has 140 valence electrons. The van der Waals surface area contributed by atoms with Crippen molar-refractivity contribution in [2.45, 2.75) is 65.3 Å². The SMILES string of the molecule is CCC(C)(CNC(=O)C1C(C)C1C1CC1)NC(=O)C1C(C)C1C1CC1. The van der Waals surface area contributed by atoms with Crippen LogP contribution in [0.2, 0.25) is 0 Å². The van der Waals surface area contributed by atoms with Crippen LogP contribution in [0.15, 0.2) is 0 Å². The smallest absolute Gasteiger partial charge is 0.224 e. The van der Waals surface area contributed by atoms with Crippen LogP contribution >= 0.6 is 0 Å². The molecule has 2 amide bonds. The zero-order valence-corrected chi connectivity index (χ0v) is 16.2. The third-order valence-corrected chi connectivity index (χ3v) is 7.69. The van der Waals surface area contributed by atoms with Crippen molar-refractivity contribution in [3.63, 3.8) is 0 Å². The molecule has 0 bridgehead atoms. The highest BCUT2D eigenvalue weighted by Gasteiger charge is 2.59. The highest BCUT2D eigenvalue weighted by atomic mass is 16.2. The molecule has 4 nitrogen and oxygen atoms in total. The highest BCUT2D eigenvalue weighted by Crippen LogP contribution is 2.59. The average molecular weight is 347 g/mol. The molecule has 25 heavy (non-hydrogen) atoms. The Morgan fingerprint density at radius 2 is 1.40 bits per heavy atom. The third kappa shape index (κ3) is 3.33. The van der Waals surface area contributed by atoms with Crippen molar-refractivity contribution in [3.05, 3.63) is 0 Å². The van der Waals surface area contributed by atoms with Crippen LogP contribution in [-0.4, -0.2) is 23.9 Å². The van der Waals surface area contributed by atoms with E-state index in [1.807, 2.05) is 0 Å². The Morgan fingerprint density at radius 3 is 1.84 bits per heavy atom. The second kappa shape index (κ2) is 5.99. The number of amides is 2. The largest absolute Gasteiger partial charge is 0.354 e. The lowest BCUT2D eigenvalue weighted by Gasteiger charge is -2.30. The molecule has 7 atom stereocenters. The number of carbonyl (C=O) groups is 2. The predicted molar refractivity (Wildman–Crippen MR) is 97.6 cm³/mol. The predicted octanol–water partition coefficient (Wildman–Crippen LogP) is 2.97. The van der Waals surface area contributed by atoms with Crippen LogP contribution in [-0.2, 0) is 9.59 Å². The minimum absolute atomic E-state index is 0.203. The summed E-state index contributed by atoms with van der Waals surface area (Å²) in [7, 11) is 0. The van der Waals surface area contributed by atoms with E-state index in [-0.39, 0.29) is 29.2 Å². The normalized spacial score (nSPS) is 41.6. The fraction of sp³-hybridized carbons (Fsp3) is 0.905. The summed E-state index contributed by atoms with van der Waals surface area (Å²) < 4.78 is 0. The van der Waals surface area contributed by atoms with E-state index in [4.69, 9.17) is 0 Å². The quantitative estimate of drug-likeness (QED) is 0.710. The van der Waals surface area contributed by atoms with Crippen molar-refractivity contribution < 1.29 is 9.59 Å². The molecule has 0 aromatic carbocycles. The highest BCUT2D eigenvalue weighted by molar-refractivity contribution is 5.84. The van der Waals surface area contributed by atoms with Gasteiger partial charge in [0.15, 0.2) is 0 Å². The summed E-state index contributed by atoms with van der Waals surface area (Å²) in [4.78, 5) is 25.2. The zero-order chi connectivity index (χ0) is 17.9. The second-order valence-electron chi connectivity index (χ2n) is 9.72. The summed E-state index contributed by atoms with van der Waals surface area (Å²) in [5.74, 6) is 4.75. The molecule has 4 saturated carbocycles. The Hall–Kier alpha value is -1.06. The maximum atomic E-state index is 12.7. The summed E-state index contributed by atoms with van der Waals surface area (Å²) in [5.41, 5.74) is -0.337. The monoisotopic (exact) mass is 346 g/mol. The van der Waals surface area contributed by atoms with E-state index < -0.39 is 0 Å². The minimum atomic E-state index is -0.337. The van der Waals surface area contributed by atoms with Gasteiger partial charge in [-0.2, -0.15) is 0 Å². The number of rotatable bonds is 8. The van der Waals surface area contributed by atoms with Crippen LogP contribution in [0.25, 0.3) is 0 Å². The van der Waals surface area contributed by atoms with Crippen molar-refractivity contribution >= 4 is 11.8 Å². The van der Waals surface area contributed by atoms with Gasteiger partial charge in [-0.3, -0.25) is 9.59 Å². The van der Waals surface area contributed by atoms with Gasteiger partial charge in [0.1, 0.15) is 0 Å². The van der Waals surface area contributed by atoms with Gasteiger partial charge < -0.3 is 10.6 Å². The van der Waals surface area contributed by atoms with Crippen LogP contribution in [0, 0.1) is 47.3 Å². The Kier molecular flexibility index (Phi) is 4.16.